The van der Waals surface area contributed by atoms with Crippen LogP contribution in [0.15, 0.2) is 29.2 Å². The van der Waals surface area contributed by atoms with Crippen molar-refractivity contribution in [3.8, 4) is 0 Å². The molecule has 0 saturated carbocycles. The van der Waals surface area contributed by atoms with Gasteiger partial charge in [0.1, 0.15) is 0 Å². The minimum Gasteiger partial charge on any atom is -0.379 e. The van der Waals surface area contributed by atoms with E-state index in [1.165, 1.54) is 16.4 Å². The molecule has 1 aromatic carbocycles. The molecule has 6 nitrogen and oxygen atoms in total. The average molecular weight is 352 g/mol. The van der Waals surface area contributed by atoms with Crippen molar-refractivity contribution >= 4 is 15.9 Å². The monoisotopic (exact) mass is 352 g/mol. The molecule has 2 saturated heterocycles. The predicted molar refractivity (Wildman–Crippen MR) is 90.3 cm³/mol. The number of nitrogens with zero attached hydrogens (tertiary/aromatic N) is 2. The Kier molecular flexibility index (Phi) is 5.22. The number of piperidine rings is 1. The Balaban J connectivity index is 1.74. The van der Waals surface area contributed by atoms with Crippen LogP contribution in [0, 0.1) is 5.92 Å². The van der Waals surface area contributed by atoms with Crippen LogP contribution in [-0.2, 0) is 14.8 Å². The first-order valence-electron chi connectivity index (χ1n) is 8.46. The van der Waals surface area contributed by atoms with Crippen LogP contribution in [-0.4, -0.2) is 62.9 Å². The molecule has 0 radical (unpaired) electrons. The summed E-state index contributed by atoms with van der Waals surface area (Å²) in [6.45, 7) is 5.27. The molecule has 0 N–H and O–H groups in total. The minimum atomic E-state index is -3.51. The highest BCUT2D eigenvalue weighted by molar-refractivity contribution is 7.89. The van der Waals surface area contributed by atoms with E-state index in [4.69, 9.17) is 4.74 Å². The van der Waals surface area contributed by atoms with Crippen LogP contribution in [0.4, 0.5) is 0 Å². The maximum Gasteiger partial charge on any atom is 0.253 e. The van der Waals surface area contributed by atoms with Crippen molar-refractivity contribution in [2.24, 2.45) is 5.92 Å². The van der Waals surface area contributed by atoms with E-state index in [0.29, 0.717) is 37.8 Å². The van der Waals surface area contributed by atoms with E-state index in [1.807, 2.05) is 4.90 Å². The van der Waals surface area contributed by atoms with Gasteiger partial charge in [-0.25, -0.2) is 8.42 Å². The van der Waals surface area contributed by atoms with E-state index >= 15 is 0 Å². The summed E-state index contributed by atoms with van der Waals surface area (Å²) in [6.07, 6.45) is 2.18. The molecule has 7 heteroatoms. The number of ether oxygens (including phenoxy) is 1. The van der Waals surface area contributed by atoms with E-state index in [0.717, 1.165) is 25.9 Å². The zero-order valence-corrected chi connectivity index (χ0v) is 14.8. The number of carbonyl (C=O) groups is 1. The second-order valence-electron chi connectivity index (χ2n) is 6.54. The molecule has 2 aliphatic heterocycles. The van der Waals surface area contributed by atoms with Gasteiger partial charge in [0.2, 0.25) is 10.0 Å². The first-order valence-corrected chi connectivity index (χ1v) is 9.90. The zero-order valence-electron chi connectivity index (χ0n) is 14.0. The quantitative estimate of drug-likeness (QED) is 0.828. The number of morpholine rings is 1. The second-order valence-corrected chi connectivity index (χ2v) is 8.48. The fraction of sp³-hybridized carbons (Fsp3) is 0.588. The molecule has 1 atom stereocenters. The maximum atomic E-state index is 12.6. The minimum absolute atomic E-state index is 0.0168. The summed E-state index contributed by atoms with van der Waals surface area (Å²) in [5.74, 6) is 0.501. The molecule has 2 heterocycles. The second kappa shape index (κ2) is 7.21. The topological polar surface area (TPSA) is 66.9 Å². The number of likely N-dealkylation sites (tertiary alicyclic amines) is 1. The van der Waals surface area contributed by atoms with Crippen molar-refractivity contribution in [1.29, 1.82) is 0 Å². The number of rotatable bonds is 3. The highest BCUT2D eigenvalue weighted by atomic mass is 32.2. The molecule has 0 unspecified atom stereocenters. The lowest BCUT2D eigenvalue weighted by Gasteiger charge is -2.31. The van der Waals surface area contributed by atoms with Crippen LogP contribution in [0.25, 0.3) is 0 Å². The summed E-state index contributed by atoms with van der Waals surface area (Å²) in [4.78, 5) is 14.6. The normalized spacial score (nSPS) is 23.2. The highest BCUT2D eigenvalue weighted by Crippen LogP contribution is 2.21. The largest absolute Gasteiger partial charge is 0.379 e. The van der Waals surface area contributed by atoms with Gasteiger partial charge < -0.3 is 9.64 Å². The zero-order chi connectivity index (χ0) is 17.2. The van der Waals surface area contributed by atoms with Gasteiger partial charge in [0, 0.05) is 31.7 Å². The van der Waals surface area contributed by atoms with Crippen molar-refractivity contribution < 1.29 is 17.9 Å². The number of benzene rings is 1. The van der Waals surface area contributed by atoms with Gasteiger partial charge >= 0.3 is 0 Å². The molecule has 24 heavy (non-hydrogen) atoms. The van der Waals surface area contributed by atoms with Gasteiger partial charge in [-0.1, -0.05) is 6.92 Å². The summed E-state index contributed by atoms with van der Waals surface area (Å²) < 4.78 is 31.8. The van der Waals surface area contributed by atoms with Gasteiger partial charge in [0.05, 0.1) is 18.1 Å². The number of carbonyl (C=O) groups excluding carboxylic acids is 1. The molecule has 0 bridgehead atoms. The molecule has 2 fully saturated rings. The standard InChI is InChI=1S/C17H24N2O4S/c1-14-3-2-8-18(13-14)17(20)15-4-6-16(7-5-15)24(21,22)19-9-11-23-12-10-19/h4-7,14H,2-3,8-13H2,1H3/t14-/m0/s1. The van der Waals surface area contributed by atoms with Crippen LogP contribution in [0.3, 0.4) is 0 Å². The lowest BCUT2D eigenvalue weighted by atomic mass is 9.99. The molecule has 132 valence electrons. The van der Waals surface area contributed by atoms with Crippen molar-refractivity contribution in [2.45, 2.75) is 24.7 Å². The van der Waals surface area contributed by atoms with E-state index in [-0.39, 0.29) is 10.8 Å². The first kappa shape index (κ1) is 17.4. The number of hydrogen-bond donors (Lipinski definition) is 0. The Morgan fingerprint density at radius 3 is 2.42 bits per heavy atom. The lowest BCUT2D eigenvalue weighted by Crippen LogP contribution is -2.40. The molecule has 1 aromatic rings. The molecular weight excluding hydrogens is 328 g/mol. The van der Waals surface area contributed by atoms with Gasteiger partial charge in [-0.05, 0) is 43.0 Å². The molecule has 0 aliphatic carbocycles. The summed E-state index contributed by atoms with van der Waals surface area (Å²) >= 11 is 0. The first-order chi connectivity index (χ1) is 11.5. The van der Waals surface area contributed by atoms with Crippen molar-refractivity contribution in [1.82, 2.24) is 9.21 Å². The maximum absolute atomic E-state index is 12.6. The Hall–Kier alpha value is -1.44. The summed E-state index contributed by atoms with van der Waals surface area (Å²) in [5.41, 5.74) is 0.546. The van der Waals surface area contributed by atoms with Crippen LogP contribution in [0.5, 0.6) is 0 Å². The third-order valence-corrected chi connectivity index (χ3v) is 6.57. The van der Waals surface area contributed by atoms with Gasteiger partial charge in [-0.3, -0.25) is 4.79 Å². The van der Waals surface area contributed by atoms with E-state index in [9.17, 15) is 13.2 Å². The predicted octanol–water partition coefficient (Wildman–Crippen LogP) is 1.58. The van der Waals surface area contributed by atoms with Crippen LogP contribution >= 0.6 is 0 Å². The van der Waals surface area contributed by atoms with E-state index < -0.39 is 10.0 Å². The van der Waals surface area contributed by atoms with Gasteiger partial charge in [0.15, 0.2) is 0 Å². The van der Waals surface area contributed by atoms with Gasteiger partial charge in [-0.2, -0.15) is 4.31 Å². The Labute approximate surface area is 143 Å². The number of hydrogen-bond acceptors (Lipinski definition) is 4. The molecule has 1 amide bonds. The smallest absolute Gasteiger partial charge is 0.253 e. The van der Waals surface area contributed by atoms with Gasteiger partial charge in [0.25, 0.3) is 5.91 Å². The van der Waals surface area contributed by atoms with Crippen molar-refractivity contribution in [2.75, 3.05) is 39.4 Å². The molecule has 0 aromatic heterocycles. The lowest BCUT2D eigenvalue weighted by molar-refractivity contribution is 0.0683. The summed E-state index contributed by atoms with van der Waals surface area (Å²) in [5, 5.41) is 0. The Morgan fingerprint density at radius 2 is 1.79 bits per heavy atom. The Morgan fingerprint density at radius 1 is 1.12 bits per heavy atom. The number of amides is 1. The number of sulfonamides is 1. The summed E-state index contributed by atoms with van der Waals surface area (Å²) in [7, 11) is -3.51. The molecular formula is C17H24N2O4S. The van der Waals surface area contributed by atoms with Crippen LogP contribution in [0.2, 0.25) is 0 Å². The average Bonchev–Trinajstić information content (AvgIpc) is 2.62. The molecule has 0 spiro atoms. The molecule has 3 rings (SSSR count). The van der Waals surface area contributed by atoms with E-state index in [1.54, 1.807) is 12.1 Å². The highest BCUT2D eigenvalue weighted by Gasteiger charge is 2.27. The van der Waals surface area contributed by atoms with Crippen LogP contribution < -0.4 is 0 Å². The van der Waals surface area contributed by atoms with Crippen LogP contribution in [0.1, 0.15) is 30.1 Å². The van der Waals surface area contributed by atoms with Gasteiger partial charge in [-0.15, -0.1) is 0 Å². The molecule has 2 aliphatic rings. The third-order valence-electron chi connectivity index (χ3n) is 4.65. The Bertz CT molecular complexity index is 681. The SMILES string of the molecule is C[C@H]1CCCN(C(=O)c2ccc(S(=O)(=O)N3CCOCC3)cc2)C1. The van der Waals surface area contributed by atoms with E-state index in [2.05, 4.69) is 6.92 Å². The van der Waals surface area contributed by atoms with Crippen molar-refractivity contribution in [3.63, 3.8) is 0 Å². The fourth-order valence-corrected chi connectivity index (χ4v) is 4.67. The summed E-state index contributed by atoms with van der Waals surface area (Å²) in [6, 6.07) is 6.31. The third kappa shape index (κ3) is 3.63. The fourth-order valence-electron chi connectivity index (χ4n) is 3.26. The van der Waals surface area contributed by atoms with Crippen molar-refractivity contribution in [3.05, 3.63) is 29.8 Å².